The van der Waals surface area contributed by atoms with Gasteiger partial charge in [0.1, 0.15) is 12.0 Å². The van der Waals surface area contributed by atoms with Gasteiger partial charge in [-0.2, -0.15) is 11.8 Å². The third-order valence-corrected chi connectivity index (χ3v) is 3.86. The molecule has 102 valence electrons. The first-order valence-corrected chi connectivity index (χ1v) is 7.65. The number of nitrogens with zero attached hydrogens (tertiary/aromatic N) is 1. The zero-order valence-corrected chi connectivity index (χ0v) is 12.2. The molecule has 0 fully saturated rings. The van der Waals surface area contributed by atoms with Gasteiger partial charge in [-0.25, -0.2) is 4.98 Å². The topological polar surface area (TPSA) is 35.3 Å². The van der Waals surface area contributed by atoms with Crippen LogP contribution in [0.5, 0.6) is 5.75 Å². The molecule has 1 aromatic carbocycles. The number of unbranched alkanes of at least 4 members (excludes halogenated alkanes) is 1. The SMILES string of the molecule is CCCCSCc1coc(-c2ccc(OC)cc2)n1. The van der Waals surface area contributed by atoms with Crippen LogP contribution in [-0.4, -0.2) is 17.8 Å². The molecule has 0 N–H and O–H groups in total. The van der Waals surface area contributed by atoms with Crippen LogP contribution >= 0.6 is 11.8 Å². The van der Waals surface area contributed by atoms with Crippen LogP contribution < -0.4 is 4.74 Å². The first-order valence-electron chi connectivity index (χ1n) is 6.50. The molecule has 0 atom stereocenters. The van der Waals surface area contributed by atoms with E-state index in [1.54, 1.807) is 13.4 Å². The van der Waals surface area contributed by atoms with Crippen molar-refractivity contribution in [2.75, 3.05) is 12.9 Å². The Morgan fingerprint density at radius 2 is 2.05 bits per heavy atom. The molecule has 1 aromatic heterocycles. The first kappa shape index (κ1) is 14.0. The van der Waals surface area contributed by atoms with Crippen LogP contribution in [0.1, 0.15) is 25.5 Å². The van der Waals surface area contributed by atoms with Crippen molar-refractivity contribution in [3.63, 3.8) is 0 Å². The summed E-state index contributed by atoms with van der Waals surface area (Å²) in [7, 11) is 1.66. The van der Waals surface area contributed by atoms with Crippen LogP contribution in [0.4, 0.5) is 0 Å². The van der Waals surface area contributed by atoms with Crippen molar-refractivity contribution in [3.05, 3.63) is 36.2 Å². The van der Waals surface area contributed by atoms with Gasteiger partial charge in [-0.15, -0.1) is 0 Å². The minimum atomic E-state index is 0.675. The monoisotopic (exact) mass is 277 g/mol. The van der Waals surface area contributed by atoms with Gasteiger partial charge in [-0.3, -0.25) is 0 Å². The number of thioether (sulfide) groups is 1. The second-order valence-corrected chi connectivity index (χ2v) is 5.38. The lowest BCUT2D eigenvalue weighted by atomic mass is 10.2. The highest BCUT2D eigenvalue weighted by atomic mass is 32.2. The summed E-state index contributed by atoms with van der Waals surface area (Å²) in [5.41, 5.74) is 1.98. The molecule has 0 saturated heterocycles. The normalized spacial score (nSPS) is 10.6. The summed E-state index contributed by atoms with van der Waals surface area (Å²) in [5.74, 6) is 3.61. The molecule has 3 nitrogen and oxygen atoms in total. The maximum Gasteiger partial charge on any atom is 0.226 e. The van der Waals surface area contributed by atoms with E-state index in [0.717, 1.165) is 22.8 Å². The lowest BCUT2D eigenvalue weighted by Gasteiger charge is -1.99. The van der Waals surface area contributed by atoms with Gasteiger partial charge in [0.25, 0.3) is 0 Å². The Labute approximate surface area is 118 Å². The predicted molar refractivity (Wildman–Crippen MR) is 79.6 cm³/mol. The van der Waals surface area contributed by atoms with E-state index in [4.69, 9.17) is 9.15 Å². The fourth-order valence-corrected chi connectivity index (χ4v) is 2.64. The number of ether oxygens (including phenoxy) is 1. The second kappa shape index (κ2) is 7.24. The maximum absolute atomic E-state index is 5.52. The molecule has 2 aromatic rings. The Morgan fingerprint density at radius 1 is 1.26 bits per heavy atom. The van der Waals surface area contributed by atoms with Gasteiger partial charge < -0.3 is 9.15 Å². The summed E-state index contributed by atoms with van der Waals surface area (Å²) in [5, 5.41) is 0. The summed E-state index contributed by atoms with van der Waals surface area (Å²) >= 11 is 1.90. The largest absolute Gasteiger partial charge is 0.497 e. The molecule has 2 rings (SSSR count). The van der Waals surface area contributed by atoms with Crippen molar-refractivity contribution in [2.45, 2.75) is 25.5 Å². The standard InChI is InChI=1S/C15H19NO2S/c1-3-4-9-19-11-13-10-18-15(16-13)12-5-7-14(17-2)8-6-12/h5-8,10H,3-4,9,11H2,1-2H3. The van der Waals surface area contributed by atoms with Crippen LogP contribution in [0.2, 0.25) is 0 Å². The number of rotatable bonds is 7. The Hall–Kier alpha value is -1.42. The summed E-state index contributed by atoms with van der Waals surface area (Å²) in [6, 6.07) is 7.74. The number of methoxy groups -OCH3 is 1. The van der Waals surface area contributed by atoms with E-state index >= 15 is 0 Å². The van der Waals surface area contributed by atoms with Crippen molar-refractivity contribution in [1.29, 1.82) is 0 Å². The maximum atomic E-state index is 5.52. The van der Waals surface area contributed by atoms with Gasteiger partial charge >= 0.3 is 0 Å². The molecular weight excluding hydrogens is 258 g/mol. The fraction of sp³-hybridized carbons (Fsp3) is 0.400. The number of hydrogen-bond donors (Lipinski definition) is 0. The van der Waals surface area contributed by atoms with Gasteiger partial charge in [-0.05, 0) is 36.4 Å². The third kappa shape index (κ3) is 4.03. The molecule has 0 aliphatic heterocycles. The molecule has 19 heavy (non-hydrogen) atoms. The van der Waals surface area contributed by atoms with E-state index < -0.39 is 0 Å². The van der Waals surface area contributed by atoms with Crippen LogP contribution in [0.3, 0.4) is 0 Å². The molecule has 0 radical (unpaired) electrons. The van der Waals surface area contributed by atoms with E-state index in [0.29, 0.717) is 5.89 Å². The van der Waals surface area contributed by atoms with Crippen LogP contribution in [0.15, 0.2) is 34.9 Å². The van der Waals surface area contributed by atoms with Crippen LogP contribution in [0.25, 0.3) is 11.5 Å². The number of benzene rings is 1. The van der Waals surface area contributed by atoms with Gasteiger partial charge in [0.15, 0.2) is 0 Å². The van der Waals surface area contributed by atoms with E-state index in [2.05, 4.69) is 11.9 Å². The second-order valence-electron chi connectivity index (χ2n) is 4.28. The average Bonchev–Trinajstić information content (AvgIpc) is 2.92. The molecule has 0 spiro atoms. The Kier molecular flexibility index (Phi) is 5.33. The van der Waals surface area contributed by atoms with Crippen LogP contribution in [-0.2, 0) is 5.75 Å². The number of hydrogen-bond acceptors (Lipinski definition) is 4. The Balaban J connectivity index is 1.95. The molecule has 4 heteroatoms. The summed E-state index contributed by atoms with van der Waals surface area (Å²) in [6.07, 6.45) is 4.25. The molecule has 0 unspecified atom stereocenters. The van der Waals surface area contributed by atoms with Gasteiger partial charge in [0.05, 0.1) is 12.8 Å². The molecule has 0 aliphatic carbocycles. The third-order valence-electron chi connectivity index (χ3n) is 2.78. The molecule has 1 heterocycles. The smallest absolute Gasteiger partial charge is 0.226 e. The molecule has 0 aliphatic rings. The highest BCUT2D eigenvalue weighted by molar-refractivity contribution is 7.98. The van der Waals surface area contributed by atoms with Crippen molar-refractivity contribution in [2.24, 2.45) is 0 Å². The van der Waals surface area contributed by atoms with Crippen molar-refractivity contribution < 1.29 is 9.15 Å². The summed E-state index contributed by atoms with van der Waals surface area (Å²) < 4.78 is 10.6. The summed E-state index contributed by atoms with van der Waals surface area (Å²) in [4.78, 5) is 4.51. The zero-order chi connectivity index (χ0) is 13.5. The van der Waals surface area contributed by atoms with E-state index in [-0.39, 0.29) is 0 Å². The minimum Gasteiger partial charge on any atom is -0.497 e. The van der Waals surface area contributed by atoms with Gasteiger partial charge in [0, 0.05) is 11.3 Å². The highest BCUT2D eigenvalue weighted by Gasteiger charge is 2.06. The summed E-state index contributed by atoms with van der Waals surface area (Å²) in [6.45, 7) is 2.21. The fourth-order valence-electron chi connectivity index (χ4n) is 1.66. The highest BCUT2D eigenvalue weighted by Crippen LogP contribution is 2.23. The molecule has 0 saturated carbocycles. The van der Waals surface area contributed by atoms with Gasteiger partial charge in [-0.1, -0.05) is 13.3 Å². The molecule has 0 amide bonds. The first-order chi connectivity index (χ1) is 9.33. The molecule has 0 bridgehead atoms. The van der Waals surface area contributed by atoms with Crippen LogP contribution in [0, 0.1) is 0 Å². The molecular formula is C15H19NO2S. The van der Waals surface area contributed by atoms with E-state index in [1.165, 1.54) is 18.6 Å². The minimum absolute atomic E-state index is 0.675. The van der Waals surface area contributed by atoms with Crippen molar-refractivity contribution >= 4 is 11.8 Å². The van der Waals surface area contributed by atoms with Crippen molar-refractivity contribution in [1.82, 2.24) is 4.98 Å². The van der Waals surface area contributed by atoms with Gasteiger partial charge in [0.2, 0.25) is 5.89 Å². The number of oxazole rings is 1. The van der Waals surface area contributed by atoms with E-state index in [9.17, 15) is 0 Å². The Bertz CT molecular complexity index is 493. The lowest BCUT2D eigenvalue weighted by molar-refractivity contribution is 0.415. The average molecular weight is 277 g/mol. The van der Waals surface area contributed by atoms with Crippen molar-refractivity contribution in [3.8, 4) is 17.2 Å². The van der Waals surface area contributed by atoms with E-state index in [1.807, 2.05) is 36.0 Å². The predicted octanol–water partition coefficient (Wildman–Crippen LogP) is 4.38. The zero-order valence-electron chi connectivity index (χ0n) is 11.4. The quantitative estimate of drug-likeness (QED) is 0.703. The number of aromatic nitrogens is 1. The lowest BCUT2D eigenvalue weighted by Crippen LogP contribution is -1.85. The Morgan fingerprint density at radius 3 is 2.74 bits per heavy atom.